The molecule has 118 valence electrons. The highest BCUT2D eigenvalue weighted by Crippen LogP contribution is 2.40. The van der Waals surface area contributed by atoms with E-state index in [1.54, 1.807) is 7.11 Å². The standard InChI is InChI=1S/C16H27N3O2/c1-16(10-6-9-12(16)17)15-18-14(19-21-15)13(20-2)11-7-4-3-5-8-11/h11-13H,3-10,17H2,1-2H3. The predicted molar refractivity (Wildman–Crippen MR) is 79.8 cm³/mol. The topological polar surface area (TPSA) is 74.2 Å². The summed E-state index contributed by atoms with van der Waals surface area (Å²) in [6.45, 7) is 2.14. The van der Waals surface area contributed by atoms with Gasteiger partial charge in [0.1, 0.15) is 6.10 Å². The van der Waals surface area contributed by atoms with Crippen LogP contribution in [0.3, 0.4) is 0 Å². The average Bonchev–Trinajstić information content (AvgIpc) is 3.10. The van der Waals surface area contributed by atoms with Crippen molar-refractivity contribution in [3.05, 3.63) is 11.7 Å². The van der Waals surface area contributed by atoms with Crippen LogP contribution in [0.4, 0.5) is 0 Å². The van der Waals surface area contributed by atoms with Gasteiger partial charge in [-0.25, -0.2) is 0 Å². The van der Waals surface area contributed by atoms with Crippen molar-refractivity contribution in [2.24, 2.45) is 11.7 Å². The van der Waals surface area contributed by atoms with Gasteiger partial charge in [-0.05, 0) is 38.5 Å². The summed E-state index contributed by atoms with van der Waals surface area (Å²) in [7, 11) is 1.75. The Morgan fingerprint density at radius 3 is 2.62 bits per heavy atom. The third-order valence-electron chi connectivity index (χ3n) is 5.55. The second kappa shape index (κ2) is 6.05. The van der Waals surface area contributed by atoms with Crippen LogP contribution in [0, 0.1) is 5.92 Å². The molecule has 21 heavy (non-hydrogen) atoms. The van der Waals surface area contributed by atoms with Gasteiger partial charge < -0.3 is 15.0 Å². The first kappa shape index (κ1) is 15.0. The Kier molecular flexibility index (Phi) is 4.31. The molecular weight excluding hydrogens is 266 g/mol. The molecule has 3 rings (SSSR count). The van der Waals surface area contributed by atoms with E-state index in [1.807, 2.05) is 0 Å². The van der Waals surface area contributed by atoms with E-state index < -0.39 is 0 Å². The summed E-state index contributed by atoms with van der Waals surface area (Å²) in [4.78, 5) is 4.68. The van der Waals surface area contributed by atoms with Gasteiger partial charge in [0.25, 0.3) is 0 Å². The highest BCUT2D eigenvalue weighted by Gasteiger charge is 2.43. The fraction of sp³-hybridized carbons (Fsp3) is 0.875. The zero-order valence-electron chi connectivity index (χ0n) is 13.2. The minimum atomic E-state index is -0.171. The molecule has 5 heteroatoms. The number of nitrogens with zero attached hydrogens (tertiary/aromatic N) is 2. The Balaban J connectivity index is 1.79. The molecule has 1 aromatic rings. The summed E-state index contributed by atoms with van der Waals surface area (Å²) in [5, 5.41) is 4.22. The number of ether oxygens (including phenoxy) is 1. The highest BCUT2D eigenvalue weighted by molar-refractivity contribution is 5.12. The first-order valence-electron chi connectivity index (χ1n) is 8.27. The first-order chi connectivity index (χ1) is 10.1. The Labute approximate surface area is 126 Å². The summed E-state index contributed by atoms with van der Waals surface area (Å²) in [6.07, 6.45) is 9.42. The van der Waals surface area contributed by atoms with Crippen molar-refractivity contribution in [3.8, 4) is 0 Å². The normalized spacial score (nSPS) is 32.4. The van der Waals surface area contributed by atoms with Crippen LogP contribution in [-0.4, -0.2) is 23.3 Å². The first-order valence-corrected chi connectivity index (χ1v) is 8.27. The molecular formula is C16H27N3O2. The van der Waals surface area contributed by atoms with Crippen molar-refractivity contribution in [1.29, 1.82) is 0 Å². The van der Waals surface area contributed by atoms with Gasteiger partial charge >= 0.3 is 0 Å². The second-order valence-corrected chi connectivity index (χ2v) is 6.93. The van der Waals surface area contributed by atoms with E-state index in [1.165, 1.54) is 32.1 Å². The number of nitrogens with two attached hydrogens (primary N) is 1. The Morgan fingerprint density at radius 2 is 2.00 bits per heavy atom. The van der Waals surface area contributed by atoms with Gasteiger partial charge in [0.05, 0.1) is 5.41 Å². The van der Waals surface area contributed by atoms with Crippen molar-refractivity contribution in [1.82, 2.24) is 10.1 Å². The summed E-state index contributed by atoms with van der Waals surface area (Å²) in [6, 6.07) is 0.112. The number of hydrogen-bond acceptors (Lipinski definition) is 5. The molecule has 0 aliphatic heterocycles. The minimum absolute atomic E-state index is 0.0379. The molecule has 2 saturated carbocycles. The smallest absolute Gasteiger partial charge is 0.234 e. The number of aromatic nitrogens is 2. The summed E-state index contributed by atoms with van der Waals surface area (Å²) < 4.78 is 11.3. The highest BCUT2D eigenvalue weighted by atomic mass is 16.5. The molecule has 2 aliphatic carbocycles. The lowest BCUT2D eigenvalue weighted by Gasteiger charge is -2.27. The van der Waals surface area contributed by atoms with Gasteiger partial charge in [-0.1, -0.05) is 30.8 Å². The van der Waals surface area contributed by atoms with Gasteiger partial charge in [-0.2, -0.15) is 4.98 Å². The maximum atomic E-state index is 6.25. The van der Waals surface area contributed by atoms with Crippen molar-refractivity contribution < 1.29 is 9.26 Å². The molecule has 2 fully saturated rings. The average molecular weight is 293 g/mol. The van der Waals surface area contributed by atoms with Gasteiger partial charge in [0.2, 0.25) is 11.7 Å². The lowest BCUT2D eigenvalue weighted by atomic mass is 9.84. The number of hydrogen-bond donors (Lipinski definition) is 1. The van der Waals surface area contributed by atoms with Crippen LogP contribution in [0.25, 0.3) is 0 Å². The lowest BCUT2D eigenvalue weighted by molar-refractivity contribution is 0.0273. The summed E-state index contributed by atoms with van der Waals surface area (Å²) in [5.41, 5.74) is 6.08. The van der Waals surface area contributed by atoms with Gasteiger partial charge in [0, 0.05) is 13.2 Å². The van der Waals surface area contributed by atoms with Crippen LogP contribution in [0.5, 0.6) is 0 Å². The van der Waals surface area contributed by atoms with Crippen LogP contribution < -0.4 is 5.73 Å². The molecule has 0 bridgehead atoms. The maximum Gasteiger partial charge on any atom is 0.234 e. The molecule has 0 radical (unpaired) electrons. The number of methoxy groups -OCH3 is 1. The monoisotopic (exact) mass is 293 g/mol. The molecule has 0 aromatic carbocycles. The third kappa shape index (κ3) is 2.73. The van der Waals surface area contributed by atoms with Gasteiger partial charge in [0.15, 0.2) is 0 Å². The second-order valence-electron chi connectivity index (χ2n) is 6.93. The third-order valence-corrected chi connectivity index (χ3v) is 5.55. The van der Waals surface area contributed by atoms with Crippen LogP contribution in [0.2, 0.25) is 0 Å². The zero-order valence-corrected chi connectivity index (χ0v) is 13.2. The lowest BCUT2D eigenvalue weighted by Crippen LogP contribution is -2.38. The minimum Gasteiger partial charge on any atom is -0.373 e. The van der Waals surface area contributed by atoms with E-state index in [0.717, 1.165) is 19.3 Å². The van der Waals surface area contributed by atoms with Crippen LogP contribution in [0.1, 0.15) is 76.1 Å². The zero-order chi connectivity index (χ0) is 14.9. The predicted octanol–water partition coefficient (Wildman–Crippen LogP) is 3.11. The van der Waals surface area contributed by atoms with Gasteiger partial charge in [-0.15, -0.1) is 0 Å². The van der Waals surface area contributed by atoms with Crippen molar-refractivity contribution >= 4 is 0 Å². The Hall–Kier alpha value is -0.940. The van der Waals surface area contributed by atoms with E-state index in [9.17, 15) is 0 Å². The van der Waals surface area contributed by atoms with E-state index in [-0.39, 0.29) is 17.6 Å². The van der Waals surface area contributed by atoms with Crippen LogP contribution in [0.15, 0.2) is 4.52 Å². The summed E-state index contributed by atoms with van der Waals surface area (Å²) >= 11 is 0. The van der Waals surface area contributed by atoms with Crippen molar-refractivity contribution in [2.75, 3.05) is 7.11 Å². The van der Waals surface area contributed by atoms with Crippen LogP contribution >= 0.6 is 0 Å². The fourth-order valence-electron chi connectivity index (χ4n) is 3.99. The Morgan fingerprint density at radius 1 is 1.24 bits per heavy atom. The quantitative estimate of drug-likeness (QED) is 0.923. The molecule has 2 aliphatic rings. The summed E-state index contributed by atoms with van der Waals surface area (Å²) in [5.74, 6) is 1.92. The molecule has 1 aromatic heterocycles. The molecule has 3 atom stereocenters. The molecule has 2 N–H and O–H groups in total. The fourth-order valence-corrected chi connectivity index (χ4v) is 3.99. The maximum absolute atomic E-state index is 6.25. The molecule has 1 heterocycles. The largest absolute Gasteiger partial charge is 0.373 e. The van der Waals surface area contributed by atoms with E-state index in [0.29, 0.717) is 17.6 Å². The van der Waals surface area contributed by atoms with E-state index in [4.69, 9.17) is 15.0 Å². The SMILES string of the molecule is COC(c1noc(C2(C)CCCC2N)n1)C1CCCCC1. The van der Waals surface area contributed by atoms with Crippen LogP contribution in [-0.2, 0) is 10.2 Å². The molecule has 3 unspecified atom stereocenters. The van der Waals surface area contributed by atoms with E-state index in [2.05, 4.69) is 17.1 Å². The molecule has 0 spiro atoms. The molecule has 0 saturated heterocycles. The van der Waals surface area contributed by atoms with E-state index >= 15 is 0 Å². The van der Waals surface area contributed by atoms with Crippen molar-refractivity contribution in [3.63, 3.8) is 0 Å². The van der Waals surface area contributed by atoms with Gasteiger partial charge in [-0.3, -0.25) is 0 Å². The van der Waals surface area contributed by atoms with Crippen molar-refractivity contribution in [2.45, 2.75) is 75.9 Å². The molecule has 5 nitrogen and oxygen atoms in total. The number of rotatable bonds is 4. The molecule has 0 amide bonds. The Bertz CT molecular complexity index is 470.